The maximum absolute atomic E-state index is 11.9. The predicted molar refractivity (Wildman–Crippen MR) is 86.8 cm³/mol. The summed E-state index contributed by atoms with van der Waals surface area (Å²) in [4.78, 5) is 13.4. The van der Waals surface area contributed by atoms with Crippen LogP contribution in [-0.2, 0) is 11.3 Å². The van der Waals surface area contributed by atoms with Gasteiger partial charge >= 0.3 is 0 Å². The first-order valence-corrected chi connectivity index (χ1v) is 7.40. The predicted octanol–water partition coefficient (Wildman–Crippen LogP) is 3.08. The number of benzene rings is 1. The molecule has 0 bridgehead atoms. The summed E-state index contributed by atoms with van der Waals surface area (Å²) in [6.07, 6.45) is -0.549. The fourth-order valence-electron chi connectivity index (χ4n) is 1.78. The number of nitrogens with one attached hydrogen (secondary N) is 1. The smallest absolute Gasteiger partial charge is 0.262 e. The molecule has 0 heterocycles. The number of carbonyl (C=O) groups excluding carboxylic acids is 1. The van der Waals surface area contributed by atoms with Gasteiger partial charge in [-0.3, -0.25) is 4.79 Å². The lowest BCUT2D eigenvalue weighted by Crippen LogP contribution is -2.37. The lowest BCUT2D eigenvalue weighted by atomic mass is 10.1. The van der Waals surface area contributed by atoms with Gasteiger partial charge in [0.25, 0.3) is 5.91 Å². The van der Waals surface area contributed by atoms with E-state index in [1.807, 2.05) is 18.2 Å². The van der Waals surface area contributed by atoms with Gasteiger partial charge in [0.05, 0.1) is 0 Å². The SMILES string of the molecule is CC(Oc1cccc(Cl)c1CNC(C)(C)C)C(=O)N(C)C. The maximum atomic E-state index is 11.9. The number of halogens is 1. The zero-order chi connectivity index (χ0) is 16.2. The van der Waals surface area contributed by atoms with Crippen LogP contribution in [0, 0.1) is 0 Å². The monoisotopic (exact) mass is 312 g/mol. The van der Waals surface area contributed by atoms with Gasteiger partial charge in [0.15, 0.2) is 6.10 Å². The maximum Gasteiger partial charge on any atom is 0.262 e. The Morgan fingerprint density at radius 1 is 1.38 bits per heavy atom. The molecule has 1 aromatic rings. The van der Waals surface area contributed by atoms with Crippen molar-refractivity contribution in [2.75, 3.05) is 14.1 Å². The molecule has 0 fully saturated rings. The number of carbonyl (C=O) groups is 1. The molecule has 1 unspecified atom stereocenters. The molecule has 0 saturated heterocycles. The Labute approximate surface area is 132 Å². The molecule has 0 aromatic heterocycles. The number of ether oxygens (including phenoxy) is 1. The highest BCUT2D eigenvalue weighted by Crippen LogP contribution is 2.28. The van der Waals surface area contributed by atoms with Crippen LogP contribution < -0.4 is 10.1 Å². The molecule has 21 heavy (non-hydrogen) atoms. The van der Waals surface area contributed by atoms with Crippen LogP contribution >= 0.6 is 11.6 Å². The lowest BCUT2D eigenvalue weighted by molar-refractivity contribution is -0.135. The average Bonchev–Trinajstić information content (AvgIpc) is 2.35. The van der Waals surface area contributed by atoms with Crippen LogP contribution in [0.1, 0.15) is 33.3 Å². The minimum atomic E-state index is -0.549. The Balaban J connectivity index is 2.92. The molecule has 1 aromatic carbocycles. The van der Waals surface area contributed by atoms with E-state index in [0.29, 0.717) is 17.3 Å². The quantitative estimate of drug-likeness (QED) is 0.908. The van der Waals surface area contributed by atoms with E-state index >= 15 is 0 Å². The molecule has 0 aliphatic rings. The lowest BCUT2D eigenvalue weighted by Gasteiger charge is -2.24. The Kier molecular flexibility index (Phi) is 6.05. The highest BCUT2D eigenvalue weighted by Gasteiger charge is 2.19. The summed E-state index contributed by atoms with van der Waals surface area (Å²) in [5.74, 6) is 0.562. The number of hydrogen-bond acceptors (Lipinski definition) is 3. The third-order valence-electron chi connectivity index (χ3n) is 2.96. The van der Waals surface area contributed by atoms with Gasteiger partial charge < -0.3 is 15.0 Å². The fraction of sp³-hybridized carbons (Fsp3) is 0.562. The van der Waals surface area contributed by atoms with Crippen molar-refractivity contribution in [1.82, 2.24) is 10.2 Å². The zero-order valence-electron chi connectivity index (χ0n) is 13.7. The molecule has 5 heteroatoms. The summed E-state index contributed by atoms with van der Waals surface area (Å²) < 4.78 is 5.80. The van der Waals surface area contributed by atoms with Crippen molar-refractivity contribution in [2.24, 2.45) is 0 Å². The molecule has 0 aliphatic carbocycles. The Morgan fingerprint density at radius 3 is 2.52 bits per heavy atom. The molecular formula is C16H25ClN2O2. The van der Waals surface area contributed by atoms with E-state index in [-0.39, 0.29) is 11.4 Å². The van der Waals surface area contributed by atoms with Crippen molar-refractivity contribution < 1.29 is 9.53 Å². The summed E-state index contributed by atoms with van der Waals surface area (Å²) in [5.41, 5.74) is 0.842. The van der Waals surface area contributed by atoms with Gasteiger partial charge in [0.2, 0.25) is 0 Å². The van der Waals surface area contributed by atoms with Gasteiger partial charge in [-0.2, -0.15) is 0 Å². The van der Waals surface area contributed by atoms with E-state index in [2.05, 4.69) is 26.1 Å². The number of rotatable bonds is 5. The van der Waals surface area contributed by atoms with Gasteiger partial charge in [0, 0.05) is 36.8 Å². The average molecular weight is 313 g/mol. The van der Waals surface area contributed by atoms with Gasteiger partial charge in [-0.05, 0) is 39.8 Å². The van der Waals surface area contributed by atoms with Crippen LogP contribution in [0.4, 0.5) is 0 Å². The first-order valence-electron chi connectivity index (χ1n) is 7.02. The highest BCUT2D eigenvalue weighted by atomic mass is 35.5. The molecule has 0 saturated carbocycles. The second kappa shape index (κ2) is 7.14. The van der Waals surface area contributed by atoms with E-state index in [0.717, 1.165) is 5.56 Å². The van der Waals surface area contributed by atoms with Gasteiger partial charge in [-0.25, -0.2) is 0 Å². The highest BCUT2D eigenvalue weighted by molar-refractivity contribution is 6.31. The third-order valence-corrected chi connectivity index (χ3v) is 3.32. The molecule has 4 nitrogen and oxygen atoms in total. The second-order valence-corrected chi connectivity index (χ2v) is 6.72. The number of nitrogens with zero attached hydrogens (tertiary/aromatic N) is 1. The van der Waals surface area contributed by atoms with Gasteiger partial charge in [0.1, 0.15) is 5.75 Å². The summed E-state index contributed by atoms with van der Waals surface area (Å²) in [7, 11) is 3.42. The van der Waals surface area contributed by atoms with Gasteiger partial charge in [-0.15, -0.1) is 0 Å². The van der Waals surface area contributed by atoms with Crippen LogP contribution in [0.25, 0.3) is 0 Å². The third kappa shape index (κ3) is 5.56. The molecule has 118 valence electrons. The number of amides is 1. The topological polar surface area (TPSA) is 41.6 Å². The zero-order valence-corrected chi connectivity index (χ0v) is 14.4. The van der Waals surface area contributed by atoms with Crippen LogP contribution in [0.2, 0.25) is 5.02 Å². The van der Waals surface area contributed by atoms with E-state index in [4.69, 9.17) is 16.3 Å². The van der Waals surface area contributed by atoms with Crippen LogP contribution in [-0.4, -0.2) is 36.5 Å². The summed E-state index contributed by atoms with van der Waals surface area (Å²) in [5, 5.41) is 4.02. The van der Waals surface area contributed by atoms with E-state index in [1.54, 1.807) is 21.0 Å². The van der Waals surface area contributed by atoms with E-state index in [1.165, 1.54) is 4.90 Å². The van der Waals surface area contributed by atoms with Crippen LogP contribution in [0.15, 0.2) is 18.2 Å². The standard InChI is InChI=1S/C16H25ClN2O2/c1-11(15(20)19(5)6)21-14-9-7-8-13(17)12(14)10-18-16(2,3)4/h7-9,11,18H,10H2,1-6H3. The molecule has 0 radical (unpaired) electrons. The largest absolute Gasteiger partial charge is 0.481 e. The van der Waals surface area contributed by atoms with Gasteiger partial charge in [-0.1, -0.05) is 17.7 Å². The first-order chi connectivity index (χ1) is 9.61. The number of likely N-dealkylation sites (N-methyl/N-ethyl adjacent to an activating group) is 1. The molecule has 1 rings (SSSR count). The first kappa shape index (κ1) is 17.8. The van der Waals surface area contributed by atoms with Crippen molar-refractivity contribution >= 4 is 17.5 Å². The number of hydrogen-bond donors (Lipinski definition) is 1. The molecule has 1 amide bonds. The van der Waals surface area contributed by atoms with Crippen molar-refractivity contribution in [1.29, 1.82) is 0 Å². The second-order valence-electron chi connectivity index (χ2n) is 6.31. The van der Waals surface area contributed by atoms with Crippen molar-refractivity contribution in [3.8, 4) is 5.75 Å². The van der Waals surface area contributed by atoms with Crippen molar-refractivity contribution in [3.05, 3.63) is 28.8 Å². The Bertz CT molecular complexity index is 496. The van der Waals surface area contributed by atoms with E-state index < -0.39 is 6.10 Å². The van der Waals surface area contributed by atoms with Crippen LogP contribution in [0.5, 0.6) is 5.75 Å². The van der Waals surface area contributed by atoms with Crippen LogP contribution in [0.3, 0.4) is 0 Å². The fourth-order valence-corrected chi connectivity index (χ4v) is 2.01. The summed E-state index contributed by atoms with van der Waals surface area (Å²) in [6.45, 7) is 8.58. The van der Waals surface area contributed by atoms with E-state index in [9.17, 15) is 4.79 Å². The molecule has 0 spiro atoms. The molecular weight excluding hydrogens is 288 g/mol. The van der Waals surface area contributed by atoms with Crippen molar-refractivity contribution in [2.45, 2.75) is 45.9 Å². The van der Waals surface area contributed by atoms with Crippen molar-refractivity contribution in [3.63, 3.8) is 0 Å². The Hall–Kier alpha value is -1.26. The summed E-state index contributed by atoms with van der Waals surface area (Å²) >= 11 is 6.27. The normalized spacial score (nSPS) is 12.9. The minimum absolute atomic E-state index is 0.0263. The molecule has 1 N–H and O–H groups in total. The molecule has 0 aliphatic heterocycles. The summed E-state index contributed by atoms with van der Waals surface area (Å²) in [6, 6.07) is 5.49. The minimum Gasteiger partial charge on any atom is -0.481 e. The molecule has 1 atom stereocenters. The Morgan fingerprint density at radius 2 is 2.00 bits per heavy atom.